The van der Waals surface area contributed by atoms with Gasteiger partial charge in [-0.15, -0.1) is 0 Å². The molecule has 1 aliphatic rings. The first kappa shape index (κ1) is 10.7. The van der Waals surface area contributed by atoms with Gasteiger partial charge in [0.25, 0.3) is 5.91 Å². The van der Waals surface area contributed by atoms with Gasteiger partial charge in [0.05, 0.1) is 13.2 Å². The Labute approximate surface area is 92.6 Å². The minimum atomic E-state index is -0.496. The maximum Gasteiger partial charge on any atom is 0.358 e. The summed E-state index contributed by atoms with van der Waals surface area (Å²) in [6, 6.07) is 1.48. The zero-order valence-electron chi connectivity index (χ0n) is 9.19. The van der Waals surface area contributed by atoms with Crippen LogP contribution in [0.15, 0.2) is 6.07 Å². The van der Waals surface area contributed by atoms with Crippen LogP contribution in [-0.2, 0) is 11.3 Å². The third kappa shape index (κ3) is 1.78. The molecule has 0 saturated heterocycles. The van der Waals surface area contributed by atoms with Crippen molar-refractivity contribution in [2.24, 2.45) is 0 Å². The Bertz CT molecular complexity index is 439. The highest BCUT2D eigenvalue weighted by Crippen LogP contribution is 2.11. The van der Waals surface area contributed by atoms with Gasteiger partial charge >= 0.3 is 5.97 Å². The third-order valence-corrected chi connectivity index (χ3v) is 2.32. The molecule has 1 unspecified atom stereocenters. The van der Waals surface area contributed by atoms with Gasteiger partial charge in [0.15, 0.2) is 5.69 Å². The molecule has 2 rings (SSSR count). The van der Waals surface area contributed by atoms with Crippen LogP contribution in [0.25, 0.3) is 0 Å². The summed E-state index contributed by atoms with van der Waals surface area (Å²) >= 11 is 0. The number of nitrogens with zero attached hydrogens (tertiary/aromatic N) is 2. The van der Waals surface area contributed by atoms with Crippen LogP contribution in [0, 0.1) is 0 Å². The van der Waals surface area contributed by atoms with E-state index in [0.29, 0.717) is 18.8 Å². The van der Waals surface area contributed by atoms with Gasteiger partial charge in [-0.05, 0) is 13.8 Å². The number of nitrogens with one attached hydrogen (secondary N) is 1. The fourth-order valence-corrected chi connectivity index (χ4v) is 1.65. The predicted molar refractivity (Wildman–Crippen MR) is 55.1 cm³/mol. The number of carbonyl (C=O) groups is 2. The molecule has 0 radical (unpaired) electrons. The van der Waals surface area contributed by atoms with Crippen molar-refractivity contribution in [3.05, 3.63) is 17.5 Å². The van der Waals surface area contributed by atoms with Crippen molar-refractivity contribution in [2.45, 2.75) is 26.4 Å². The molecule has 1 N–H and O–H groups in total. The normalized spacial score (nSPS) is 18.9. The molecule has 0 spiro atoms. The van der Waals surface area contributed by atoms with Gasteiger partial charge in [-0.3, -0.25) is 9.48 Å². The molecule has 1 amide bonds. The number of carbonyl (C=O) groups excluding carboxylic acids is 2. The lowest BCUT2D eigenvalue weighted by Gasteiger charge is -2.20. The van der Waals surface area contributed by atoms with E-state index in [1.54, 1.807) is 6.92 Å². The molecule has 16 heavy (non-hydrogen) atoms. The van der Waals surface area contributed by atoms with Crippen LogP contribution in [0.1, 0.15) is 34.8 Å². The van der Waals surface area contributed by atoms with Crippen molar-refractivity contribution >= 4 is 11.9 Å². The van der Waals surface area contributed by atoms with Crippen molar-refractivity contribution in [1.29, 1.82) is 0 Å². The number of fused-ring (bicyclic) bond motifs is 1. The molecule has 1 atom stereocenters. The van der Waals surface area contributed by atoms with Crippen molar-refractivity contribution in [3.8, 4) is 0 Å². The number of esters is 1. The Morgan fingerprint density at radius 1 is 1.75 bits per heavy atom. The number of hydrogen-bond donors (Lipinski definition) is 1. The van der Waals surface area contributed by atoms with E-state index >= 15 is 0 Å². The van der Waals surface area contributed by atoms with E-state index < -0.39 is 5.97 Å². The molecule has 1 aromatic rings. The molecule has 0 fully saturated rings. The molecule has 6 heteroatoms. The summed E-state index contributed by atoms with van der Waals surface area (Å²) in [7, 11) is 0. The first-order chi connectivity index (χ1) is 7.61. The van der Waals surface area contributed by atoms with Crippen molar-refractivity contribution in [3.63, 3.8) is 0 Å². The van der Waals surface area contributed by atoms with Gasteiger partial charge in [0.2, 0.25) is 0 Å². The monoisotopic (exact) mass is 223 g/mol. The van der Waals surface area contributed by atoms with Gasteiger partial charge in [0, 0.05) is 12.1 Å². The third-order valence-electron chi connectivity index (χ3n) is 2.32. The predicted octanol–water partition coefficient (Wildman–Crippen LogP) is 0.192. The Hall–Kier alpha value is -1.85. The molecule has 0 bridgehead atoms. The van der Waals surface area contributed by atoms with E-state index in [1.165, 1.54) is 10.7 Å². The minimum absolute atomic E-state index is 0.0231. The van der Waals surface area contributed by atoms with Crippen molar-refractivity contribution in [1.82, 2.24) is 15.1 Å². The topological polar surface area (TPSA) is 73.2 Å². The Morgan fingerprint density at radius 3 is 3.19 bits per heavy atom. The van der Waals surface area contributed by atoms with Gasteiger partial charge < -0.3 is 10.1 Å². The fraction of sp³-hybridized carbons (Fsp3) is 0.500. The molecular weight excluding hydrogens is 210 g/mol. The van der Waals surface area contributed by atoms with Crippen LogP contribution < -0.4 is 5.32 Å². The van der Waals surface area contributed by atoms with Crippen LogP contribution in [0.5, 0.6) is 0 Å². The fourth-order valence-electron chi connectivity index (χ4n) is 1.65. The molecule has 1 aromatic heterocycles. The number of hydrogen-bond acceptors (Lipinski definition) is 4. The average Bonchev–Trinajstić information content (AvgIpc) is 2.62. The first-order valence-corrected chi connectivity index (χ1v) is 5.17. The highest BCUT2D eigenvalue weighted by Gasteiger charge is 2.25. The quantitative estimate of drug-likeness (QED) is 0.726. The smallest absolute Gasteiger partial charge is 0.358 e. The summed E-state index contributed by atoms with van der Waals surface area (Å²) in [4.78, 5) is 23.0. The van der Waals surface area contributed by atoms with E-state index in [9.17, 15) is 9.59 Å². The Morgan fingerprint density at radius 2 is 2.50 bits per heavy atom. The lowest BCUT2D eigenvalue weighted by Crippen LogP contribution is -2.42. The van der Waals surface area contributed by atoms with E-state index in [1.807, 2.05) is 6.92 Å². The molecule has 0 saturated carbocycles. The second-order valence-electron chi connectivity index (χ2n) is 3.69. The molecule has 1 aliphatic heterocycles. The minimum Gasteiger partial charge on any atom is -0.461 e. The lowest BCUT2D eigenvalue weighted by atomic mass is 10.2. The zero-order chi connectivity index (χ0) is 11.7. The maximum absolute atomic E-state index is 11.6. The van der Waals surface area contributed by atoms with Crippen LogP contribution in [0.3, 0.4) is 0 Å². The molecule has 2 heterocycles. The molecule has 0 aliphatic carbocycles. The maximum atomic E-state index is 11.6. The summed E-state index contributed by atoms with van der Waals surface area (Å²) in [5.41, 5.74) is 0.585. The second-order valence-corrected chi connectivity index (χ2v) is 3.69. The summed E-state index contributed by atoms with van der Waals surface area (Å²) in [5, 5.41) is 6.82. The summed E-state index contributed by atoms with van der Waals surface area (Å²) < 4.78 is 6.36. The van der Waals surface area contributed by atoms with E-state index in [-0.39, 0.29) is 17.6 Å². The Balaban J connectivity index is 2.30. The van der Waals surface area contributed by atoms with Crippen LogP contribution >= 0.6 is 0 Å². The highest BCUT2D eigenvalue weighted by molar-refractivity contribution is 5.96. The SMILES string of the molecule is CCOC(=O)c1cc2n(n1)CC(C)NC2=O. The molecule has 6 nitrogen and oxygen atoms in total. The Kier molecular flexibility index (Phi) is 2.64. The molecule has 0 aromatic carbocycles. The molecule has 86 valence electrons. The van der Waals surface area contributed by atoms with Crippen LogP contribution in [-0.4, -0.2) is 34.3 Å². The number of rotatable bonds is 2. The second kappa shape index (κ2) is 3.96. The van der Waals surface area contributed by atoms with Gasteiger partial charge in [-0.1, -0.05) is 0 Å². The van der Waals surface area contributed by atoms with Gasteiger partial charge in [0.1, 0.15) is 5.69 Å². The summed E-state index contributed by atoms with van der Waals surface area (Å²) in [6.45, 7) is 4.47. The average molecular weight is 223 g/mol. The number of amides is 1. The zero-order valence-corrected chi connectivity index (χ0v) is 9.19. The first-order valence-electron chi connectivity index (χ1n) is 5.17. The summed E-state index contributed by atoms with van der Waals surface area (Å²) in [5.74, 6) is -0.702. The lowest BCUT2D eigenvalue weighted by molar-refractivity contribution is 0.0518. The van der Waals surface area contributed by atoms with Gasteiger partial charge in [-0.2, -0.15) is 5.10 Å². The van der Waals surface area contributed by atoms with Crippen LogP contribution in [0.2, 0.25) is 0 Å². The number of aromatic nitrogens is 2. The largest absolute Gasteiger partial charge is 0.461 e. The van der Waals surface area contributed by atoms with Crippen molar-refractivity contribution < 1.29 is 14.3 Å². The van der Waals surface area contributed by atoms with Crippen LogP contribution in [0.4, 0.5) is 0 Å². The van der Waals surface area contributed by atoms with E-state index in [4.69, 9.17) is 4.74 Å². The highest BCUT2D eigenvalue weighted by atomic mass is 16.5. The van der Waals surface area contributed by atoms with E-state index in [2.05, 4.69) is 10.4 Å². The van der Waals surface area contributed by atoms with E-state index in [0.717, 1.165) is 0 Å². The summed E-state index contributed by atoms with van der Waals surface area (Å²) in [6.07, 6.45) is 0. The van der Waals surface area contributed by atoms with Crippen molar-refractivity contribution in [2.75, 3.05) is 6.61 Å². The number of ether oxygens (including phenoxy) is 1. The molecular formula is C10H13N3O3. The van der Waals surface area contributed by atoms with Gasteiger partial charge in [-0.25, -0.2) is 4.79 Å². The standard InChI is InChI=1S/C10H13N3O3/c1-3-16-10(15)7-4-8-9(14)11-6(2)5-13(8)12-7/h4,6H,3,5H2,1-2H3,(H,11,14).